The third-order valence-electron chi connectivity index (χ3n) is 3.79. The van der Waals surface area contributed by atoms with Gasteiger partial charge >= 0.3 is 0 Å². The molecule has 1 aliphatic rings. The SMILES string of the molecule is Cc1ccnc(N(CC2CCCCN2)C(C)C)c1Br. The molecule has 1 saturated heterocycles. The Balaban J connectivity index is 2.17. The second kappa shape index (κ2) is 6.71. The molecule has 0 aliphatic carbocycles. The smallest absolute Gasteiger partial charge is 0.143 e. The molecule has 106 valence electrons. The van der Waals surface area contributed by atoms with Crippen molar-refractivity contribution in [2.24, 2.45) is 0 Å². The minimum Gasteiger partial charge on any atom is -0.352 e. The molecule has 1 aromatic heterocycles. The van der Waals surface area contributed by atoms with Crippen LogP contribution in [0, 0.1) is 6.92 Å². The summed E-state index contributed by atoms with van der Waals surface area (Å²) < 4.78 is 1.12. The van der Waals surface area contributed by atoms with E-state index in [2.05, 4.69) is 51.9 Å². The first-order valence-corrected chi connectivity index (χ1v) is 8.00. The van der Waals surface area contributed by atoms with E-state index in [-0.39, 0.29) is 0 Å². The molecule has 1 fully saturated rings. The van der Waals surface area contributed by atoms with Crippen LogP contribution in [0.15, 0.2) is 16.7 Å². The molecule has 0 aromatic carbocycles. The predicted octanol–water partition coefficient (Wildman–Crippen LogP) is 3.51. The van der Waals surface area contributed by atoms with Crippen molar-refractivity contribution in [3.05, 3.63) is 22.3 Å². The summed E-state index contributed by atoms with van der Waals surface area (Å²) in [5, 5.41) is 3.62. The first-order chi connectivity index (χ1) is 9.09. The van der Waals surface area contributed by atoms with Gasteiger partial charge in [0.1, 0.15) is 5.82 Å². The second-order valence-corrected chi connectivity index (χ2v) is 6.45. The predicted molar refractivity (Wildman–Crippen MR) is 84.8 cm³/mol. The lowest BCUT2D eigenvalue weighted by Crippen LogP contribution is -2.46. The molecular weight excluding hydrogens is 302 g/mol. The van der Waals surface area contributed by atoms with Gasteiger partial charge in [-0.15, -0.1) is 0 Å². The van der Waals surface area contributed by atoms with Crippen LogP contribution < -0.4 is 10.2 Å². The Labute approximate surface area is 124 Å². The van der Waals surface area contributed by atoms with E-state index < -0.39 is 0 Å². The zero-order valence-corrected chi connectivity index (χ0v) is 13.7. The Hall–Kier alpha value is -0.610. The highest BCUT2D eigenvalue weighted by Gasteiger charge is 2.21. The second-order valence-electron chi connectivity index (χ2n) is 5.66. The zero-order valence-electron chi connectivity index (χ0n) is 12.1. The number of hydrogen-bond donors (Lipinski definition) is 1. The number of anilines is 1. The molecule has 1 N–H and O–H groups in total. The fourth-order valence-electron chi connectivity index (χ4n) is 2.59. The Morgan fingerprint density at radius 2 is 2.26 bits per heavy atom. The highest BCUT2D eigenvalue weighted by atomic mass is 79.9. The molecule has 2 rings (SSSR count). The topological polar surface area (TPSA) is 28.2 Å². The van der Waals surface area contributed by atoms with E-state index in [9.17, 15) is 0 Å². The van der Waals surface area contributed by atoms with Gasteiger partial charge < -0.3 is 10.2 Å². The van der Waals surface area contributed by atoms with Crippen LogP contribution in [0.1, 0.15) is 38.7 Å². The minimum absolute atomic E-state index is 0.453. The van der Waals surface area contributed by atoms with E-state index in [1.165, 1.54) is 24.8 Å². The van der Waals surface area contributed by atoms with Crippen molar-refractivity contribution in [2.45, 2.75) is 52.1 Å². The van der Waals surface area contributed by atoms with Gasteiger partial charge in [-0.05, 0) is 67.7 Å². The minimum atomic E-state index is 0.453. The van der Waals surface area contributed by atoms with Crippen LogP contribution in [0.4, 0.5) is 5.82 Å². The highest BCUT2D eigenvalue weighted by Crippen LogP contribution is 2.28. The van der Waals surface area contributed by atoms with Crippen LogP contribution in [0.25, 0.3) is 0 Å². The van der Waals surface area contributed by atoms with Crippen molar-refractivity contribution >= 4 is 21.7 Å². The maximum Gasteiger partial charge on any atom is 0.143 e. The molecule has 3 nitrogen and oxygen atoms in total. The third-order valence-corrected chi connectivity index (χ3v) is 4.77. The van der Waals surface area contributed by atoms with Gasteiger partial charge in [0, 0.05) is 24.8 Å². The van der Waals surface area contributed by atoms with Crippen LogP contribution in [0.5, 0.6) is 0 Å². The summed E-state index contributed by atoms with van der Waals surface area (Å²) >= 11 is 3.69. The van der Waals surface area contributed by atoms with Crippen LogP contribution in [-0.4, -0.2) is 30.2 Å². The zero-order chi connectivity index (χ0) is 13.8. The van der Waals surface area contributed by atoms with E-state index in [0.717, 1.165) is 23.4 Å². The quantitative estimate of drug-likeness (QED) is 0.918. The Bertz CT molecular complexity index is 414. The molecule has 0 bridgehead atoms. The van der Waals surface area contributed by atoms with Crippen LogP contribution in [0.2, 0.25) is 0 Å². The van der Waals surface area contributed by atoms with Crippen molar-refractivity contribution in [1.29, 1.82) is 0 Å². The van der Waals surface area contributed by atoms with Crippen molar-refractivity contribution in [1.82, 2.24) is 10.3 Å². The monoisotopic (exact) mass is 325 g/mol. The van der Waals surface area contributed by atoms with Gasteiger partial charge in [0.25, 0.3) is 0 Å². The van der Waals surface area contributed by atoms with Crippen LogP contribution >= 0.6 is 15.9 Å². The van der Waals surface area contributed by atoms with E-state index in [4.69, 9.17) is 0 Å². The van der Waals surface area contributed by atoms with Gasteiger partial charge in [0.05, 0.1) is 4.47 Å². The Morgan fingerprint density at radius 3 is 2.89 bits per heavy atom. The number of hydrogen-bond acceptors (Lipinski definition) is 3. The number of aryl methyl sites for hydroxylation is 1. The first-order valence-electron chi connectivity index (χ1n) is 7.20. The van der Waals surface area contributed by atoms with Gasteiger partial charge in [-0.25, -0.2) is 4.98 Å². The Morgan fingerprint density at radius 1 is 1.47 bits per heavy atom. The molecular formula is C15H24BrN3. The van der Waals surface area contributed by atoms with Crippen molar-refractivity contribution in [3.63, 3.8) is 0 Å². The number of pyridine rings is 1. The normalized spacial score (nSPS) is 19.7. The third kappa shape index (κ3) is 3.69. The average molecular weight is 326 g/mol. The number of nitrogens with one attached hydrogen (secondary N) is 1. The van der Waals surface area contributed by atoms with E-state index >= 15 is 0 Å². The molecule has 0 radical (unpaired) electrons. The molecule has 1 unspecified atom stereocenters. The molecule has 2 heterocycles. The molecule has 1 atom stereocenters. The van der Waals surface area contributed by atoms with Crippen LogP contribution in [0.3, 0.4) is 0 Å². The molecule has 0 amide bonds. The lowest BCUT2D eigenvalue weighted by atomic mass is 10.0. The van der Waals surface area contributed by atoms with Gasteiger partial charge in [0.15, 0.2) is 0 Å². The maximum atomic E-state index is 4.58. The Kier molecular flexibility index (Phi) is 5.22. The van der Waals surface area contributed by atoms with Crippen molar-refractivity contribution < 1.29 is 0 Å². The lowest BCUT2D eigenvalue weighted by molar-refractivity contribution is 0.392. The van der Waals surface area contributed by atoms with Gasteiger partial charge in [-0.1, -0.05) is 6.42 Å². The summed E-state index contributed by atoms with van der Waals surface area (Å²) in [7, 11) is 0. The van der Waals surface area contributed by atoms with Crippen LogP contribution in [-0.2, 0) is 0 Å². The molecule has 0 spiro atoms. The van der Waals surface area contributed by atoms with Gasteiger partial charge in [-0.3, -0.25) is 0 Å². The van der Waals surface area contributed by atoms with Gasteiger partial charge in [0.2, 0.25) is 0 Å². The molecule has 1 aliphatic heterocycles. The number of halogens is 1. The fourth-order valence-corrected chi connectivity index (χ4v) is 3.05. The number of piperidine rings is 1. The number of rotatable bonds is 4. The van der Waals surface area contributed by atoms with E-state index in [1.807, 2.05) is 12.3 Å². The average Bonchev–Trinajstić information content (AvgIpc) is 2.40. The van der Waals surface area contributed by atoms with E-state index in [0.29, 0.717) is 12.1 Å². The summed E-state index contributed by atoms with van der Waals surface area (Å²) in [6, 6.07) is 3.09. The van der Waals surface area contributed by atoms with E-state index in [1.54, 1.807) is 0 Å². The summed E-state index contributed by atoms with van der Waals surface area (Å²) in [5.74, 6) is 1.07. The molecule has 4 heteroatoms. The lowest BCUT2D eigenvalue weighted by Gasteiger charge is -2.34. The fraction of sp³-hybridized carbons (Fsp3) is 0.667. The largest absolute Gasteiger partial charge is 0.352 e. The first kappa shape index (κ1) is 14.8. The highest BCUT2D eigenvalue weighted by molar-refractivity contribution is 9.10. The standard InChI is InChI=1S/C15H24BrN3/c1-11(2)19(10-13-6-4-5-8-17-13)15-14(16)12(3)7-9-18-15/h7,9,11,13,17H,4-6,8,10H2,1-3H3. The molecule has 1 aromatic rings. The molecule has 0 saturated carbocycles. The van der Waals surface area contributed by atoms with Gasteiger partial charge in [-0.2, -0.15) is 0 Å². The van der Waals surface area contributed by atoms with Crippen molar-refractivity contribution in [2.75, 3.05) is 18.0 Å². The van der Waals surface area contributed by atoms with Crippen molar-refractivity contribution in [3.8, 4) is 0 Å². The maximum absolute atomic E-state index is 4.58. The summed E-state index contributed by atoms with van der Waals surface area (Å²) in [6.07, 6.45) is 5.82. The number of nitrogens with zero attached hydrogens (tertiary/aromatic N) is 2. The summed E-state index contributed by atoms with van der Waals surface area (Å²) in [5.41, 5.74) is 1.24. The molecule has 19 heavy (non-hydrogen) atoms. The summed E-state index contributed by atoms with van der Waals surface area (Å²) in [4.78, 5) is 6.98. The summed E-state index contributed by atoms with van der Waals surface area (Å²) in [6.45, 7) is 8.77. The number of aromatic nitrogens is 1.